The highest BCUT2D eigenvalue weighted by atomic mass is 16.5. The SMILES string of the molecule is CCOC1=NC(c2ccccc2)c2ccccc2C1C. The molecule has 1 aliphatic rings. The van der Waals surface area contributed by atoms with E-state index in [9.17, 15) is 0 Å². The molecule has 0 aliphatic carbocycles. The van der Waals surface area contributed by atoms with Crippen molar-refractivity contribution in [1.29, 1.82) is 0 Å². The summed E-state index contributed by atoms with van der Waals surface area (Å²) >= 11 is 0. The number of ether oxygens (including phenoxy) is 1. The van der Waals surface area contributed by atoms with Crippen LogP contribution >= 0.6 is 0 Å². The summed E-state index contributed by atoms with van der Waals surface area (Å²) in [5.74, 6) is 1.08. The first-order valence-electron chi connectivity index (χ1n) is 7.15. The van der Waals surface area contributed by atoms with Crippen LogP contribution in [0.25, 0.3) is 0 Å². The first kappa shape index (κ1) is 12.9. The van der Waals surface area contributed by atoms with Gasteiger partial charge in [0.05, 0.1) is 12.5 Å². The second-order valence-electron chi connectivity index (χ2n) is 5.06. The summed E-state index contributed by atoms with van der Waals surface area (Å²) in [4.78, 5) is 4.86. The molecule has 102 valence electrons. The van der Waals surface area contributed by atoms with Gasteiger partial charge in [0.25, 0.3) is 0 Å². The Balaban J connectivity index is 2.11. The highest BCUT2D eigenvalue weighted by Gasteiger charge is 2.28. The lowest BCUT2D eigenvalue weighted by atomic mass is 9.86. The van der Waals surface area contributed by atoms with Crippen molar-refractivity contribution in [2.45, 2.75) is 25.8 Å². The molecule has 0 aromatic heterocycles. The van der Waals surface area contributed by atoms with Crippen molar-refractivity contribution >= 4 is 5.90 Å². The van der Waals surface area contributed by atoms with Gasteiger partial charge in [-0.2, -0.15) is 0 Å². The Labute approximate surface area is 120 Å². The summed E-state index contributed by atoms with van der Waals surface area (Å²) in [6, 6.07) is 19.0. The molecule has 2 atom stereocenters. The molecule has 2 aromatic rings. The molecular formula is C18H19NO. The van der Waals surface area contributed by atoms with Crippen molar-refractivity contribution < 1.29 is 4.74 Å². The summed E-state index contributed by atoms with van der Waals surface area (Å²) in [6.07, 6.45) is 0. The van der Waals surface area contributed by atoms with Gasteiger partial charge in [-0.05, 0) is 30.5 Å². The van der Waals surface area contributed by atoms with Gasteiger partial charge in [0, 0.05) is 0 Å². The Hall–Kier alpha value is -2.09. The molecular weight excluding hydrogens is 246 g/mol. The van der Waals surface area contributed by atoms with Crippen LogP contribution < -0.4 is 0 Å². The molecule has 3 rings (SSSR count). The number of hydrogen-bond acceptors (Lipinski definition) is 2. The van der Waals surface area contributed by atoms with Crippen molar-refractivity contribution in [2.24, 2.45) is 4.99 Å². The van der Waals surface area contributed by atoms with Crippen LogP contribution in [-0.4, -0.2) is 12.5 Å². The topological polar surface area (TPSA) is 21.6 Å². The molecule has 1 aliphatic heterocycles. The lowest BCUT2D eigenvalue weighted by Gasteiger charge is -2.28. The third-order valence-corrected chi connectivity index (χ3v) is 3.79. The fourth-order valence-corrected chi connectivity index (χ4v) is 2.80. The number of hydrogen-bond donors (Lipinski definition) is 0. The number of nitrogens with zero attached hydrogens (tertiary/aromatic N) is 1. The van der Waals surface area contributed by atoms with Crippen LogP contribution in [0.5, 0.6) is 0 Å². The predicted molar refractivity (Wildman–Crippen MR) is 82.2 cm³/mol. The van der Waals surface area contributed by atoms with Gasteiger partial charge in [0.2, 0.25) is 0 Å². The Kier molecular flexibility index (Phi) is 3.55. The smallest absolute Gasteiger partial charge is 0.191 e. The Morgan fingerprint density at radius 3 is 2.30 bits per heavy atom. The largest absolute Gasteiger partial charge is 0.481 e. The molecule has 0 amide bonds. The average molecular weight is 265 g/mol. The van der Waals surface area contributed by atoms with Crippen LogP contribution in [0.2, 0.25) is 0 Å². The van der Waals surface area contributed by atoms with E-state index in [0.29, 0.717) is 6.61 Å². The van der Waals surface area contributed by atoms with Gasteiger partial charge < -0.3 is 4.74 Å². The molecule has 0 saturated carbocycles. The maximum absolute atomic E-state index is 5.75. The van der Waals surface area contributed by atoms with Gasteiger partial charge in [-0.25, -0.2) is 4.99 Å². The highest BCUT2D eigenvalue weighted by Crippen LogP contribution is 2.37. The first-order valence-corrected chi connectivity index (χ1v) is 7.15. The summed E-state index contributed by atoms with van der Waals surface area (Å²) in [5.41, 5.74) is 3.82. The van der Waals surface area contributed by atoms with Crippen LogP contribution in [-0.2, 0) is 4.74 Å². The molecule has 2 nitrogen and oxygen atoms in total. The molecule has 2 aromatic carbocycles. The number of rotatable bonds is 2. The monoisotopic (exact) mass is 265 g/mol. The molecule has 0 saturated heterocycles. The number of fused-ring (bicyclic) bond motifs is 1. The summed E-state index contributed by atoms with van der Waals surface area (Å²) in [6.45, 7) is 4.83. The molecule has 2 heteroatoms. The third-order valence-electron chi connectivity index (χ3n) is 3.79. The van der Waals surface area contributed by atoms with E-state index in [1.54, 1.807) is 0 Å². The minimum Gasteiger partial charge on any atom is -0.481 e. The van der Waals surface area contributed by atoms with Crippen molar-refractivity contribution in [2.75, 3.05) is 6.61 Å². The van der Waals surface area contributed by atoms with E-state index < -0.39 is 0 Å². The minimum absolute atomic E-state index is 0.0464. The van der Waals surface area contributed by atoms with Gasteiger partial charge in [0.15, 0.2) is 5.90 Å². The standard InChI is InChI=1S/C18H19NO/c1-3-20-18-13(2)15-11-7-8-12-16(15)17(19-18)14-9-5-4-6-10-14/h4-13,17H,3H2,1-2H3. The Morgan fingerprint density at radius 1 is 0.950 bits per heavy atom. The highest BCUT2D eigenvalue weighted by molar-refractivity contribution is 5.86. The Bertz CT molecular complexity index is 618. The van der Waals surface area contributed by atoms with Crippen molar-refractivity contribution in [1.82, 2.24) is 0 Å². The number of aliphatic imine (C=N–C) groups is 1. The van der Waals surface area contributed by atoms with E-state index in [1.807, 2.05) is 13.0 Å². The minimum atomic E-state index is 0.0464. The summed E-state index contributed by atoms with van der Waals surface area (Å²) in [7, 11) is 0. The van der Waals surface area contributed by atoms with E-state index in [0.717, 1.165) is 5.90 Å². The maximum atomic E-state index is 5.75. The van der Waals surface area contributed by atoms with E-state index in [4.69, 9.17) is 9.73 Å². The molecule has 1 heterocycles. The zero-order valence-electron chi connectivity index (χ0n) is 11.9. The van der Waals surface area contributed by atoms with Crippen LogP contribution in [0.3, 0.4) is 0 Å². The number of benzene rings is 2. The van der Waals surface area contributed by atoms with Crippen molar-refractivity contribution in [3.05, 3.63) is 71.3 Å². The van der Waals surface area contributed by atoms with E-state index in [1.165, 1.54) is 16.7 Å². The van der Waals surface area contributed by atoms with Crippen molar-refractivity contribution in [3.63, 3.8) is 0 Å². The van der Waals surface area contributed by atoms with Gasteiger partial charge in [-0.1, -0.05) is 54.6 Å². The third kappa shape index (κ3) is 2.22. The van der Waals surface area contributed by atoms with Crippen LogP contribution in [0.4, 0.5) is 0 Å². The zero-order chi connectivity index (χ0) is 13.9. The van der Waals surface area contributed by atoms with E-state index >= 15 is 0 Å². The van der Waals surface area contributed by atoms with Gasteiger partial charge in [-0.15, -0.1) is 0 Å². The normalized spacial score (nSPS) is 21.0. The van der Waals surface area contributed by atoms with Crippen LogP contribution in [0.15, 0.2) is 59.6 Å². The zero-order valence-corrected chi connectivity index (χ0v) is 11.9. The van der Waals surface area contributed by atoms with E-state index in [2.05, 4.69) is 55.5 Å². The van der Waals surface area contributed by atoms with Crippen molar-refractivity contribution in [3.8, 4) is 0 Å². The molecule has 2 unspecified atom stereocenters. The summed E-state index contributed by atoms with van der Waals surface area (Å²) in [5, 5.41) is 0. The quantitative estimate of drug-likeness (QED) is 0.792. The second-order valence-corrected chi connectivity index (χ2v) is 5.06. The summed E-state index contributed by atoms with van der Waals surface area (Å²) < 4.78 is 5.75. The molecule has 0 radical (unpaired) electrons. The molecule has 0 spiro atoms. The predicted octanol–water partition coefficient (Wildman–Crippen LogP) is 4.33. The maximum Gasteiger partial charge on any atom is 0.191 e. The Morgan fingerprint density at radius 2 is 1.60 bits per heavy atom. The molecule has 0 N–H and O–H groups in total. The van der Waals surface area contributed by atoms with Gasteiger partial charge >= 0.3 is 0 Å². The lowest BCUT2D eigenvalue weighted by Crippen LogP contribution is -2.22. The van der Waals surface area contributed by atoms with Gasteiger partial charge in [0.1, 0.15) is 6.04 Å². The lowest BCUT2D eigenvalue weighted by molar-refractivity contribution is 0.307. The van der Waals surface area contributed by atoms with Crippen LogP contribution in [0, 0.1) is 0 Å². The first-order chi connectivity index (χ1) is 9.81. The second kappa shape index (κ2) is 5.49. The molecule has 0 bridgehead atoms. The van der Waals surface area contributed by atoms with Gasteiger partial charge in [-0.3, -0.25) is 0 Å². The molecule has 20 heavy (non-hydrogen) atoms. The fourth-order valence-electron chi connectivity index (χ4n) is 2.80. The fraction of sp³-hybridized carbons (Fsp3) is 0.278. The van der Waals surface area contributed by atoms with E-state index in [-0.39, 0.29) is 12.0 Å². The molecule has 0 fully saturated rings. The van der Waals surface area contributed by atoms with Crippen LogP contribution in [0.1, 0.15) is 42.5 Å². The average Bonchev–Trinajstić information content (AvgIpc) is 2.51.